The Morgan fingerprint density at radius 3 is 2.44 bits per heavy atom. The SMILES string of the molecule is CC1(C)OB(c2cccc(CN3C(=O)COc4ccccc43)c2)OC1(C)C. The quantitative estimate of drug-likeness (QED) is 0.785. The second kappa shape index (κ2) is 6.39. The molecule has 2 aliphatic heterocycles. The van der Waals surface area contributed by atoms with E-state index in [1.165, 1.54) is 0 Å². The molecule has 2 aromatic rings. The van der Waals surface area contributed by atoms with Crippen LogP contribution in [0.3, 0.4) is 0 Å². The maximum atomic E-state index is 12.4. The van der Waals surface area contributed by atoms with Crippen molar-refractivity contribution in [2.45, 2.75) is 45.4 Å². The van der Waals surface area contributed by atoms with Crippen LogP contribution in [0.4, 0.5) is 5.69 Å². The summed E-state index contributed by atoms with van der Waals surface area (Å²) in [6.07, 6.45) is 0. The van der Waals surface area contributed by atoms with E-state index in [2.05, 4.69) is 0 Å². The molecule has 0 bridgehead atoms. The number of carbonyl (C=O) groups is 1. The number of benzene rings is 2. The van der Waals surface area contributed by atoms with Crippen LogP contribution in [0, 0.1) is 0 Å². The van der Waals surface area contributed by atoms with Gasteiger partial charge >= 0.3 is 7.12 Å². The molecule has 0 radical (unpaired) electrons. The largest absolute Gasteiger partial charge is 0.494 e. The van der Waals surface area contributed by atoms with Crippen molar-refractivity contribution in [3.05, 3.63) is 54.1 Å². The average Bonchev–Trinajstić information content (AvgIpc) is 2.85. The zero-order chi connectivity index (χ0) is 19.2. The average molecular weight is 365 g/mol. The van der Waals surface area contributed by atoms with Crippen LogP contribution in [0.25, 0.3) is 0 Å². The fourth-order valence-electron chi connectivity index (χ4n) is 3.33. The Hall–Kier alpha value is -2.31. The number of para-hydroxylation sites is 2. The van der Waals surface area contributed by atoms with Crippen molar-refractivity contribution in [2.24, 2.45) is 0 Å². The Labute approximate surface area is 160 Å². The maximum absolute atomic E-state index is 12.4. The molecule has 0 aliphatic carbocycles. The van der Waals surface area contributed by atoms with Crippen LogP contribution in [0.1, 0.15) is 33.3 Å². The van der Waals surface area contributed by atoms with Gasteiger partial charge in [-0.3, -0.25) is 4.79 Å². The predicted molar refractivity (Wildman–Crippen MR) is 105 cm³/mol. The van der Waals surface area contributed by atoms with E-state index >= 15 is 0 Å². The third-order valence-corrected chi connectivity index (χ3v) is 5.63. The summed E-state index contributed by atoms with van der Waals surface area (Å²) in [7, 11) is -0.414. The van der Waals surface area contributed by atoms with Gasteiger partial charge in [-0.2, -0.15) is 0 Å². The first-order valence-electron chi connectivity index (χ1n) is 9.23. The number of nitrogens with zero attached hydrogens (tertiary/aromatic N) is 1. The van der Waals surface area contributed by atoms with Crippen LogP contribution in [0.15, 0.2) is 48.5 Å². The monoisotopic (exact) mass is 365 g/mol. The number of hydrogen-bond donors (Lipinski definition) is 0. The lowest BCUT2D eigenvalue weighted by Crippen LogP contribution is -2.41. The number of hydrogen-bond acceptors (Lipinski definition) is 4. The Morgan fingerprint density at radius 1 is 1.00 bits per heavy atom. The van der Waals surface area contributed by atoms with Crippen molar-refractivity contribution < 1.29 is 18.8 Å². The molecule has 0 aromatic heterocycles. The smallest absolute Gasteiger partial charge is 0.482 e. The summed E-state index contributed by atoms with van der Waals surface area (Å²) in [5, 5.41) is 0. The highest BCUT2D eigenvalue weighted by atomic mass is 16.7. The number of anilines is 1. The Bertz CT molecular complexity index is 864. The Morgan fingerprint density at radius 2 is 1.70 bits per heavy atom. The first kappa shape index (κ1) is 18.1. The van der Waals surface area contributed by atoms with E-state index in [0.717, 1.165) is 22.5 Å². The van der Waals surface area contributed by atoms with Crippen molar-refractivity contribution in [3.8, 4) is 5.75 Å². The molecule has 2 aromatic carbocycles. The summed E-state index contributed by atoms with van der Waals surface area (Å²) < 4.78 is 17.8. The van der Waals surface area contributed by atoms with Crippen LogP contribution in [-0.2, 0) is 20.6 Å². The first-order chi connectivity index (χ1) is 12.8. The van der Waals surface area contributed by atoms with Gasteiger partial charge in [-0.15, -0.1) is 0 Å². The normalized spacial score (nSPS) is 20.4. The summed E-state index contributed by atoms with van der Waals surface area (Å²) in [6, 6.07) is 15.7. The van der Waals surface area contributed by atoms with Gasteiger partial charge in [0.25, 0.3) is 5.91 Å². The van der Waals surface area contributed by atoms with Gasteiger partial charge < -0.3 is 18.9 Å². The second-order valence-corrected chi connectivity index (χ2v) is 8.07. The third-order valence-electron chi connectivity index (χ3n) is 5.63. The molecule has 1 saturated heterocycles. The molecule has 0 saturated carbocycles. The second-order valence-electron chi connectivity index (χ2n) is 8.07. The molecule has 1 amide bonds. The minimum absolute atomic E-state index is 0.0465. The molecule has 2 aliphatic rings. The molecule has 27 heavy (non-hydrogen) atoms. The van der Waals surface area contributed by atoms with Gasteiger partial charge in [0.15, 0.2) is 6.61 Å². The molecule has 0 N–H and O–H groups in total. The highest BCUT2D eigenvalue weighted by molar-refractivity contribution is 6.62. The van der Waals surface area contributed by atoms with Crippen LogP contribution in [0.5, 0.6) is 5.75 Å². The zero-order valence-electron chi connectivity index (χ0n) is 16.2. The molecule has 2 heterocycles. The van der Waals surface area contributed by atoms with Crippen molar-refractivity contribution in [3.63, 3.8) is 0 Å². The van der Waals surface area contributed by atoms with Crippen molar-refractivity contribution >= 4 is 24.2 Å². The molecular formula is C21H24BNO4. The van der Waals surface area contributed by atoms with Crippen LogP contribution >= 0.6 is 0 Å². The van der Waals surface area contributed by atoms with Gasteiger partial charge in [-0.05, 0) is 50.9 Å². The van der Waals surface area contributed by atoms with Crippen molar-refractivity contribution in [1.29, 1.82) is 0 Å². The van der Waals surface area contributed by atoms with Crippen molar-refractivity contribution in [1.82, 2.24) is 0 Å². The molecule has 4 rings (SSSR count). The molecular weight excluding hydrogens is 341 g/mol. The number of ether oxygens (including phenoxy) is 1. The predicted octanol–water partition coefficient (Wildman–Crippen LogP) is 2.91. The number of rotatable bonds is 3. The lowest BCUT2D eigenvalue weighted by molar-refractivity contribution is -0.121. The standard InChI is InChI=1S/C21H24BNO4/c1-20(2)21(3,4)27-22(26-20)16-9-7-8-15(12-16)13-23-17-10-5-6-11-18(17)25-14-19(23)24/h5-12H,13-14H2,1-4H3. The summed E-state index contributed by atoms with van der Waals surface area (Å²) in [5.41, 5.74) is 2.02. The maximum Gasteiger partial charge on any atom is 0.494 e. The molecule has 1 fully saturated rings. The molecule has 6 heteroatoms. The molecule has 0 atom stereocenters. The summed E-state index contributed by atoms with van der Waals surface area (Å²) in [5.74, 6) is 0.689. The molecule has 0 spiro atoms. The van der Waals surface area contributed by atoms with E-state index in [1.807, 2.05) is 76.2 Å². The zero-order valence-corrected chi connectivity index (χ0v) is 16.2. The minimum atomic E-state index is -0.414. The van der Waals surface area contributed by atoms with Crippen LogP contribution < -0.4 is 15.1 Å². The lowest BCUT2D eigenvalue weighted by Gasteiger charge is -2.32. The van der Waals surface area contributed by atoms with Gasteiger partial charge in [-0.1, -0.05) is 36.4 Å². The number of amides is 1. The minimum Gasteiger partial charge on any atom is -0.482 e. The van der Waals surface area contributed by atoms with Gasteiger partial charge in [0.1, 0.15) is 5.75 Å². The highest BCUT2D eigenvalue weighted by Crippen LogP contribution is 2.36. The van der Waals surface area contributed by atoms with Crippen LogP contribution in [-0.4, -0.2) is 30.8 Å². The lowest BCUT2D eigenvalue weighted by atomic mass is 9.78. The highest BCUT2D eigenvalue weighted by Gasteiger charge is 2.51. The fourth-order valence-corrected chi connectivity index (χ4v) is 3.33. The summed E-state index contributed by atoms with van der Waals surface area (Å²) >= 11 is 0. The van der Waals surface area contributed by atoms with Gasteiger partial charge in [0.2, 0.25) is 0 Å². The molecule has 0 unspecified atom stereocenters. The van der Waals surface area contributed by atoms with E-state index in [0.29, 0.717) is 6.54 Å². The topological polar surface area (TPSA) is 48.0 Å². The van der Waals surface area contributed by atoms with E-state index in [-0.39, 0.29) is 23.7 Å². The van der Waals surface area contributed by atoms with E-state index < -0.39 is 7.12 Å². The van der Waals surface area contributed by atoms with Gasteiger partial charge in [-0.25, -0.2) is 0 Å². The van der Waals surface area contributed by atoms with Crippen molar-refractivity contribution in [2.75, 3.05) is 11.5 Å². The fraction of sp³-hybridized carbons (Fsp3) is 0.381. The van der Waals surface area contributed by atoms with E-state index in [9.17, 15) is 4.79 Å². The van der Waals surface area contributed by atoms with E-state index in [4.69, 9.17) is 14.0 Å². The molecule has 5 nitrogen and oxygen atoms in total. The summed E-state index contributed by atoms with van der Waals surface area (Å²) in [6.45, 7) is 8.71. The van der Waals surface area contributed by atoms with Crippen LogP contribution in [0.2, 0.25) is 0 Å². The third kappa shape index (κ3) is 3.24. The van der Waals surface area contributed by atoms with E-state index in [1.54, 1.807) is 4.90 Å². The number of fused-ring (bicyclic) bond motifs is 1. The Balaban J connectivity index is 1.59. The summed E-state index contributed by atoms with van der Waals surface area (Å²) in [4.78, 5) is 14.2. The number of carbonyl (C=O) groups excluding carboxylic acids is 1. The van der Waals surface area contributed by atoms with Gasteiger partial charge in [0.05, 0.1) is 23.4 Å². The van der Waals surface area contributed by atoms with Gasteiger partial charge in [0, 0.05) is 0 Å². The first-order valence-corrected chi connectivity index (χ1v) is 9.23. The Kier molecular flexibility index (Phi) is 4.28. The molecule has 140 valence electrons.